The molecule has 1 atom stereocenters. The summed E-state index contributed by atoms with van der Waals surface area (Å²) in [7, 11) is 0. The molecule has 0 bridgehead atoms. The lowest BCUT2D eigenvalue weighted by Crippen LogP contribution is -2.45. The normalized spacial score (nSPS) is 22.1. The average Bonchev–Trinajstić information content (AvgIpc) is 3.38. The molecule has 0 amide bonds. The van der Waals surface area contributed by atoms with Crippen molar-refractivity contribution >= 4 is 5.96 Å². The Balaban J connectivity index is 1.44. The molecule has 1 saturated heterocycles. The van der Waals surface area contributed by atoms with Crippen molar-refractivity contribution < 1.29 is 4.52 Å². The number of nitrogens with zero attached hydrogens (tertiary/aromatic N) is 4. The van der Waals surface area contributed by atoms with Crippen molar-refractivity contribution in [2.45, 2.75) is 71.3 Å². The highest BCUT2D eigenvalue weighted by atomic mass is 16.5. The van der Waals surface area contributed by atoms with Crippen molar-refractivity contribution in [3.63, 3.8) is 0 Å². The van der Waals surface area contributed by atoms with Gasteiger partial charge in [0.25, 0.3) is 0 Å². The van der Waals surface area contributed by atoms with E-state index < -0.39 is 0 Å². The van der Waals surface area contributed by atoms with Gasteiger partial charge in [0.2, 0.25) is 5.89 Å². The minimum atomic E-state index is 0.291. The average molecular weight is 377 g/mol. The molecule has 1 aromatic rings. The topological polar surface area (TPSA) is 78.6 Å². The zero-order valence-corrected chi connectivity index (χ0v) is 17.2. The second kappa shape index (κ2) is 10.1. The fourth-order valence-corrected chi connectivity index (χ4v) is 4.06. The summed E-state index contributed by atoms with van der Waals surface area (Å²) in [5.41, 5.74) is 0. The predicted molar refractivity (Wildman–Crippen MR) is 108 cm³/mol. The molecule has 7 nitrogen and oxygen atoms in total. The Labute approximate surface area is 163 Å². The van der Waals surface area contributed by atoms with Crippen LogP contribution in [0.3, 0.4) is 0 Å². The van der Waals surface area contributed by atoms with Crippen LogP contribution in [0.15, 0.2) is 9.52 Å². The van der Waals surface area contributed by atoms with Gasteiger partial charge < -0.3 is 20.1 Å². The number of aromatic nitrogens is 2. The highest BCUT2D eigenvalue weighted by molar-refractivity contribution is 5.80. The van der Waals surface area contributed by atoms with Gasteiger partial charge in [0.1, 0.15) is 0 Å². The van der Waals surface area contributed by atoms with Crippen LogP contribution in [0.25, 0.3) is 0 Å². The standard InChI is InChI=1S/C20H36N6O/c1-4-21-20(22-11-9-18-24-19(15(2)3)25-27-18)23-17-10-12-26(14-17)13-16-7-5-6-8-16/h15-17H,4-14H2,1-3H3,(H2,21,22,23). The maximum atomic E-state index is 5.30. The van der Waals surface area contributed by atoms with Crippen LogP contribution in [0.5, 0.6) is 0 Å². The molecule has 7 heteroatoms. The number of hydrogen-bond acceptors (Lipinski definition) is 5. The second-order valence-corrected chi connectivity index (χ2v) is 8.25. The predicted octanol–water partition coefficient (Wildman–Crippen LogP) is 2.56. The minimum Gasteiger partial charge on any atom is -0.357 e. The van der Waals surface area contributed by atoms with E-state index in [2.05, 4.69) is 46.4 Å². The molecule has 0 spiro atoms. The summed E-state index contributed by atoms with van der Waals surface area (Å²) in [6.45, 7) is 11.4. The number of guanidine groups is 1. The first-order chi connectivity index (χ1) is 13.1. The van der Waals surface area contributed by atoms with E-state index in [0.29, 0.717) is 30.8 Å². The largest absolute Gasteiger partial charge is 0.357 e. The van der Waals surface area contributed by atoms with E-state index in [1.807, 2.05) is 0 Å². The molecule has 1 saturated carbocycles. The SMILES string of the molecule is CCNC(=NCCc1nc(C(C)C)no1)NC1CCN(CC2CCCC2)C1. The molecule has 0 radical (unpaired) electrons. The molecule has 1 aliphatic carbocycles. The van der Waals surface area contributed by atoms with Crippen LogP contribution in [0.4, 0.5) is 0 Å². The molecule has 2 N–H and O–H groups in total. The maximum absolute atomic E-state index is 5.30. The smallest absolute Gasteiger partial charge is 0.228 e. The molecule has 0 aromatic carbocycles. The molecule has 27 heavy (non-hydrogen) atoms. The van der Waals surface area contributed by atoms with Crippen molar-refractivity contribution in [2.75, 3.05) is 32.7 Å². The number of likely N-dealkylation sites (tertiary alicyclic amines) is 1. The highest BCUT2D eigenvalue weighted by Crippen LogP contribution is 2.26. The lowest BCUT2D eigenvalue weighted by molar-refractivity contribution is 0.275. The van der Waals surface area contributed by atoms with E-state index in [0.717, 1.165) is 30.8 Å². The van der Waals surface area contributed by atoms with Crippen LogP contribution < -0.4 is 10.6 Å². The fourth-order valence-electron chi connectivity index (χ4n) is 4.06. The lowest BCUT2D eigenvalue weighted by Gasteiger charge is -2.21. The monoisotopic (exact) mass is 376 g/mol. The fraction of sp³-hybridized carbons (Fsp3) is 0.850. The first-order valence-corrected chi connectivity index (χ1v) is 10.7. The van der Waals surface area contributed by atoms with Crippen LogP contribution in [-0.2, 0) is 6.42 Å². The molecule has 1 aliphatic heterocycles. The zero-order valence-electron chi connectivity index (χ0n) is 17.2. The summed E-state index contributed by atoms with van der Waals surface area (Å²) in [5.74, 6) is 3.55. The van der Waals surface area contributed by atoms with Gasteiger partial charge in [-0.2, -0.15) is 4.98 Å². The first-order valence-electron chi connectivity index (χ1n) is 10.7. The van der Waals surface area contributed by atoms with Crippen molar-refractivity contribution in [1.29, 1.82) is 0 Å². The molecule has 2 aliphatic rings. The van der Waals surface area contributed by atoms with E-state index in [1.165, 1.54) is 45.2 Å². The van der Waals surface area contributed by atoms with Crippen LogP contribution in [-0.4, -0.2) is 59.8 Å². The third-order valence-electron chi connectivity index (χ3n) is 5.54. The van der Waals surface area contributed by atoms with Gasteiger partial charge in [0.05, 0.1) is 6.54 Å². The van der Waals surface area contributed by atoms with Crippen molar-refractivity contribution in [2.24, 2.45) is 10.9 Å². The molecule has 2 heterocycles. The summed E-state index contributed by atoms with van der Waals surface area (Å²) < 4.78 is 5.30. The van der Waals surface area contributed by atoms with Gasteiger partial charge >= 0.3 is 0 Å². The van der Waals surface area contributed by atoms with E-state index in [9.17, 15) is 0 Å². The van der Waals surface area contributed by atoms with Gasteiger partial charge in [-0.3, -0.25) is 4.99 Å². The molecular formula is C20H36N6O. The maximum Gasteiger partial charge on any atom is 0.228 e. The molecule has 1 unspecified atom stereocenters. The Hall–Kier alpha value is -1.63. The van der Waals surface area contributed by atoms with Gasteiger partial charge in [-0.15, -0.1) is 0 Å². The highest BCUT2D eigenvalue weighted by Gasteiger charge is 2.26. The number of rotatable bonds is 8. The van der Waals surface area contributed by atoms with Crippen molar-refractivity contribution in [3.8, 4) is 0 Å². The zero-order chi connectivity index (χ0) is 19.1. The summed E-state index contributed by atoms with van der Waals surface area (Å²) in [5, 5.41) is 11.0. The summed E-state index contributed by atoms with van der Waals surface area (Å²) in [6.07, 6.45) is 7.57. The van der Waals surface area contributed by atoms with E-state index in [1.54, 1.807) is 0 Å². The second-order valence-electron chi connectivity index (χ2n) is 8.25. The Morgan fingerprint density at radius 3 is 2.81 bits per heavy atom. The third kappa shape index (κ3) is 6.19. The molecular weight excluding hydrogens is 340 g/mol. The van der Waals surface area contributed by atoms with Crippen molar-refractivity contribution in [1.82, 2.24) is 25.7 Å². The molecule has 1 aromatic heterocycles. The number of hydrogen-bond donors (Lipinski definition) is 2. The Morgan fingerprint density at radius 1 is 1.30 bits per heavy atom. The van der Waals surface area contributed by atoms with Gasteiger partial charge in [0, 0.05) is 44.6 Å². The number of aliphatic imine (C=N–C) groups is 1. The Morgan fingerprint density at radius 2 is 2.11 bits per heavy atom. The summed E-state index contributed by atoms with van der Waals surface area (Å²) in [4.78, 5) is 11.8. The van der Waals surface area contributed by atoms with Crippen LogP contribution >= 0.6 is 0 Å². The molecule has 3 rings (SSSR count). The van der Waals surface area contributed by atoms with Crippen LogP contribution in [0.2, 0.25) is 0 Å². The Bertz CT molecular complexity index is 593. The van der Waals surface area contributed by atoms with Crippen LogP contribution in [0.1, 0.15) is 70.5 Å². The van der Waals surface area contributed by atoms with Gasteiger partial charge in [-0.25, -0.2) is 0 Å². The van der Waals surface area contributed by atoms with Gasteiger partial charge in [0.15, 0.2) is 11.8 Å². The van der Waals surface area contributed by atoms with E-state index in [-0.39, 0.29) is 0 Å². The van der Waals surface area contributed by atoms with E-state index in [4.69, 9.17) is 9.52 Å². The van der Waals surface area contributed by atoms with E-state index >= 15 is 0 Å². The van der Waals surface area contributed by atoms with Crippen LogP contribution in [0, 0.1) is 5.92 Å². The third-order valence-corrected chi connectivity index (χ3v) is 5.54. The number of nitrogens with one attached hydrogen (secondary N) is 2. The lowest BCUT2D eigenvalue weighted by atomic mass is 10.1. The first kappa shape index (κ1) is 20.1. The summed E-state index contributed by atoms with van der Waals surface area (Å²) in [6, 6.07) is 0.486. The Kier molecular flexibility index (Phi) is 7.50. The van der Waals surface area contributed by atoms with Gasteiger partial charge in [-0.1, -0.05) is 31.8 Å². The van der Waals surface area contributed by atoms with Gasteiger partial charge in [-0.05, 0) is 32.1 Å². The molecule has 2 fully saturated rings. The quantitative estimate of drug-likeness (QED) is 0.536. The minimum absolute atomic E-state index is 0.291. The summed E-state index contributed by atoms with van der Waals surface area (Å²) >= 11 is 0. The molecule has 152 valence electrons. The van der Waals surface area contributed by atoms with Crippen molar-refractivity contribution in [3.05, 3.63) is 11.7 Å².